The van der Waals surface area contributed by atoms with Crippen LogP contribution in [-0.4, -0.2) is 42.6 Å². The average Bonchev–Trinajstić information content (AvgIpc) is 3.56. The van der Waals surface area contributed by atoms with Gasteiger partial charge in [0.25, 0.3) is 5.89 Å². The van der Waals surface area contributed by atoms with E-state index in [2.05, 4.69) is 32.3 Å². The molecule has 188 valence electrons. The van der Waals surface area contributed by atoms with Crippen LogP contribution in [0.5, 0.6) is 5.75 Å². The minimum absolute atomic E-state index is 0.00290. The zero-order valence-electron chi connectivity index (χ0n) is 21.6. The molecule has 0 saturated carbocycles. The molecule has 0 radical (unpaired) electrons. The molecule has 0 aliphatic heterocycles. The van der Waals surface area contributed by atoms with Crippen LogP contribution in [0.4, 0.5) is 0 Å². The van der Waals surface area contributed by atoms with Crippen LogP contribution < -0.4 is 14.8 Å². The maximum absolute atomic E-state index is 9.40. The Balaban J connectivity index is 0.000000416. The molecule has 0 unspecified atom stereocenters. The first kappa shape index (κ1) is 28.4. The second-order valence-corrected chi connectivity index (χ2v) is 8.97. The van der Waals surface area contributed by atoms with Gasteiger partial charge < -0.3 is 14.6 Å². The fourth-order valence-corrected chi connectivity index (χ4v) is 4.15. The highest BCUT2D eigenvalue weighted by atomic mass is 32.2. The number of fused-ring (bicyclic) bond motifs is 1. The molecule has 2 N–H and O–H groups in total. The van der Waals surface area contributed by atoms with Gasteiger partial charge in [0, 0.05) is 23.4 Å². The maximum Gasteiger partial charge on any atom is 0.258 e. The molecule has 1 aliphatic carbocycles. The Morgan fingerprint density at radius 2 is 1.97 bits per heavy atom. The second kappa shape index (κ2) is 15.2. The van der Waals surface area contributed by atoms with Gasteiger partial charge in [-0.25, -0.2) is 0 Å². The van der Waals surface area contributed by atoms with Crippen molar-refractivity contribution in [2.24, 2.45) is 0 Å². The Hall–Kier alpha value is -2.86. The lowest BCUT2D eigenvalue weighted by atomic mass is 10.0. The molecular formula is C27H37N5O2S. The van der Waals surface area contributed by atoms with Crippen molar-refractivity contribution >= 4 is 11.9 Å². The summed E-state index contributed by atoms with van der Waals surface area (Å²) in [4.78, 5) is 4.57. The number of aromatic nitrogens is 2. The van der Waals surface area contributed by atoms with Crippen LogP contribution >= 0.6 is 11.9 Å². The van der Waals surface area contributed by atoms with Crippen molar-refractivity contribution in [3.05, 3.63) is 53.1 Å². The first-order chi connectivity index (χ1) is 17.1. The summed E-state index contributed by atoms with van der Waals surface area (Å²) in [7, 11) is 3.89. The molecule has 7 nitrogen and oxygen atoms in total. The van der Waals surface area contributed by atoms with Crippen molar-refractivity contribution in [2.45, 2.75) is 53.1 Å². The van der Waals surface area contributed by atoms with E-state index in [1.165, 1.54) is 17.5 Å². The Kier molecular flexibility index (Phi) is 12.3. The molecule has 1 aliphatic rings. The highest BCUT2D eigenvalue weighted by Crippen LogP contribution is 2.32. The van der Waals surface area contributed by atoms with E-state index in [-0.39, 0.29) is 6.10 Å². The van der Waals surface area contributed by atoms with E-state index in [4.69, 9.17) is 9.26 Å². The van der Waals surface area contributed by atoms with E-state index < -0.39 is 0 Å². The fourth-order valence-electron chi connectivity index (χ4n) is 3.64. The summed E-state index contributed by atoms with van der Waals surface area (Å²) in [6, 6.07) is 13.8. The minimum atomic E-state index is 0.00290. The van der Waals surface area contributed by atoms with Crippen LogP contribution in [0.15, 0.2) is 40.9 Å². The fraction of sp³-hybridized carbons (Fsp3) is 0.444. The molecule has 1 aromatic heterocycles. The summed E-state index contributed by atoms with van der Waals surface area (Å²) in [5, 5.41) is 16.6. The number of benzene rings is 2. The van der Waals surface area contributed by atoms with Crippen molar-refractivity contribution in [1.29, 1.82) is 5.26 Å². The van der Waals surface area contributed by atoms with E-state index in [0.717, 1.165) is 30.7 Å². The summed E-state index contributed by atoms with van der Waals surface area (Å²) in [6.45, 7) is 8.93. The summed E-state index contributed by atoms with van der Waals surface area (Å²) in [5.41, 5.74) is 4.89. The van der Waals surface area contributed by atoms with Gasteiger partial charge in [-0.15, -0.1) is 0 Å². The number of aryl methyl sites for hydroxylation is 1. The molecule has 0 saturated heterocycles. The average molecular weight is 496 g/mol. The van der Waals surface area contributed by atoms with Crippen LogP contribution in [0.3, 0.4) is 0 Å². The predicted octanol–water partition coefficient (Wildman–Crippen LogP) is 5.65. The first-order valence-corrected chi connectivity index (χ1v) is 13.1. The van der Waals surface area contributed by atoms with Gasteiger partial charge in [0.15, 0.2) is 0 Å². The minimum Gasteiger partial charge on any atom is -0.490 e. The van der Waals surface area contributed by atoms with Crippen molar-refractivity contribution in [1.82, 2.24) is 20.2 Å². The summed E-state index contributed by atoms with van der Waals surface area (Å²) in [5.74, 6) is 2.70. The van der Waals surface area contributed by atoms with Gasteiger partial charge in [0.2, 0.25) is 5.82 Å². The number of nitrogens with one attached hydrogen (secondary N) is 2. The maximum atomic E-state index is 9.40. The number of hydrogen-bond donors (Lipinski definition) is 2. The molecule has 3 aromatic rings. The molecule has 1 heterocycles. The SMILES string of the molecule is CC.CC(C)Oc1ccc(-c2nc(-c3cccc4c3CCC4)no2)cc1C#N.CNCCSNC. The predicted molar refractivity (Wildman–Crippen MR) is 144 cm³/mol. The smallest absolute Gasteiger partial charge is 0.258 e. The molecule has 0 fully saturated rings. The van der Waals surface area contributed by atoms with Gasteiger partial charge in [-0.2, -0.15) is 10.2 Å². The zero-order valence-corrected chi connectivity index (χ0v) is 22.5. The van der Waals surface area contributed by atoms with E-state index in [0.29, 0.717) is 28.6 Å². The zero-order chi connectivity index (χ0) is 25.6. The number of nitriles is 1. The third kappa shape index (κ3) is 8.10. The third-order valence-electron chi connectivity index (χ3n) is 5.12. The van der Waals surface area contributed by atoms with Crippen molar-refractivity contribution < 1.29 is 9.26 Å². The lowest BCUT2D eigenvalue weighted by Gasteiger charge is -2.11. The number of ether oxygens (including phenoxy) is 1. The highest BCUT2D eigenvalue weighted by Gasteiger charge is 2.20. The topological polar surface area (TPSA) is 96.0 Å². The number of nitrogens with zero attached hydrogens (tertiary/aromatic N) is 3. The Labute approximate surface area is 213 Å². The van der Waals surface area contributed by atoms with Crippen LogP contribution in [0.25, 0.3) is 22.8 Å². The molecule has 4 rings (SSSR count). The van der Waals surface area contributed by atoms with Crippen molar-refractivity contribution in [3.8, 4) is 34.7 Å². The standard InChI is InChI=1S/C21H19N3O2.C4H12N2S.C2H6/c1-13(2)25-19-10-9-15(11-16(19)12-22)21-23-20(24-26-21)18-8-4-6-14-5-3-7-17(14)18;1-5-3-4-7-6-2;1-2/h4,6,8-11,13H,3,5,7H2,1-2H3;5-6H,3-4H2,1-2H3;1-2H3. The Bertz CT molecular complexity index is 1090. The molecule has 35 heavy (non-hydrogen) atoms. The Morgan fingerprint density at radius 1 is 1.17 bits per heavy atom. The van der Waals surface area contributed by atoms with Gasteiger partial charge in [-0.05, 0) is 76.5 Å². The van der Waals surface area contributed by atoms with Gasteiger partial charge in [0.05, 0.1) is 11.7 Å². The van der Waals surface area contributed by atoms with Gasteiger partial charge in [-0.1, -0.05) is 49.2 Å². The van der Waals surface area contributed by atoms with E-state index >= 15 is 0 Å². The lowest BCUT2D eigenvalue weighted by molar-refractivity contribution is 0.241. The lowest BCUT2D eigenvalue weighted by Crippen LogP contribution is -2.11. The molecule has 8 heteroatoms. The summed E-state index contributed by atoms with van der Waals surface area (Å²) >= 11 is 1.72. The second-order valence-electron chi connectivity index (χ2n) is 7.87. The molecule has 2 aromatic carbocycles. The molecule has 0 atom stereocenters. The molecule has 0 bridgehead atoms. The van der Waals surface area contributed by atoms with E-state index in [1.807, 2.05) is 60.0 Å². The van der Waals surface area contributed by atoms with Crippen molar-refractivity contribution in [2.75, 3.05) is 26.4 Å². The van der Waals surface area contributed by atoms with Crippen LogP contribution in [0, 0.1) is 11.3 Å². The van der Waals surface area contributed by atoms with Crippen LogP contribution in [-0.2, 0) is 12.8 Å². The third-order valence-corrected chi connectivity index (χ3v) is 5.82. The molecular weight excluding hydrogens is 458 g/mol. The van der Waals surface area contributed by atoms with Gasteiger partial charge in [0.1, 0.15) is 11.8 Å². The van der Waals surface area contributed by atoms with E-state index in [1.54, 1.807) is 24.1 Å². The highest BCUT2D eigenvalue weighted by molar-refractivity contribution is 7.97. The quantitative estimate of drug-likeness (QED) is 0.306. The number of rotatable bonds is 8. The molecule has 0 amide bonds. The van der Waals surface area contributed by atoms with Crippen molar-refractivity contribution in [3.63, 3.8) is 0 Å². The number of hydrogen-bond acceptors (Lipinski definition) is 8. The van der Waals surface area contributed by atoms with E-state index in [9.17, 15) is 5.26 Å². The summed E-state index contributed by atoms with van der Waals surface area (Å²) < 4.78 is 14.1. The Morgan fingerprint density at radius 3 is 2.66 bits per heavy atom. The largest absolute Gasteiger partial charge is 0.490 e. The van der Waals surface area contributed by atoms with Crippen LogP contribution in [0.1, 0.15) is 50.8 Å². The van der Waals surface area contributed by atoms with Gasteiger partial charge in [-0.3, -0.25) is 4.72 Å². The monoisotopic (exact) mass is 495 g/mol. The van der Waals surface area contributed by atoms with Gasteiger partial charge >= 0.3 is 0 Å². The summed E-state index contributed by atoms with van der Waals surface area (Å²) in [6.07, 6.45) is 3.33. The van der Waals surface area contributed by atoms with Crippen LogP contribution in [0.2, 0.25) is 0 Å². The first-order valence-electron chi connectivity index (χ1n) is 12.2. The molecule has 0 spiro atoms. The normalized spacial score (nSPS) is 11.6.